The second-order valence-electron chi connectivity index (χ2n) is 3.77. The van der Waals surface area contributed by atoms with Crippen molar-refractivity contribution >= 4 is 16.0 Å². The molecule has 2 N–H and O–H groups in total. The number of nitrogens with two attached hydrogens (primary N) is 1. The van der Waals surface area contributed by atoms with Gasteiger partial charge in [0.05, 0.1) is 12.4 Å². The van der Waals surface area contributed by atoms with Crippen molar-refractivity contribution < 1.29 is 8.42 Å². The van der Waals surface area contributed by atoms with E-state index in [1.807, 2.05) is 13.8 Å². The molecule has 0 bridgehead atoms. The highest BCUT2D eigenvalue weighted by Gasteiger charge is 2.26. The van der Waals surface area contributed by atoms with E-state index in [1.165, 1.54) is 16.7 Å². The Hall–Kier alpha value is -1.21. The van der Waals surface area contributed by atoms with Crippen LogP contribution in [-0.2, 0) is 10.0 Å². The van der Waals surface area contributed by atoms with Crippen LogP contribution in [0, 0.1) is 0 Å². The van der Waals surface area contributed by atoms with Gasteiger partial charge >= 0.3 is 0 Å². The van der Waals surface area contributed by atoms with Crippen molar-refractivity contribution in [2.75, 3.05) is 12.8 Å². The van der Waals surface area contributed by atoms with Crippen LogP contribution in [0.15, 0.2) is 17.3 Å². The standard InChI is InChI=1S/C10H18N4O2S/c1-4-8(5-2)14(3)17(15,16)9-6-12-10(11)13-7-9/h6-8H,4-5H2,1-3H3,(H2,11,12,13). The summed E-state index contributed by atoms with van der Waals surface area (Å²) >= 11 is 0. The van der Waals surface area contributed by atoms with E-state index in [9.17, 15) is 8.42 Å². The fourth-order valence-electron chi connectivity index (χ4n) is 1.62. The molecule has 1 aromatic heterocycles. The van der Waals surface area contributed by atoms with Gasteiger partial charge in [0.25, 0.3) is 0 Å². The SMILES string of the molecule is CCC(CC)N(C)S(=O)(=O)c1cnc(N)nc1. The first-order valence-electron chi connectivity index (χ1n) is 5.49. The molecule has 0 aliphatic heterocycles. The maximum absolute atomic E-state index is 12.2. The van der Waals surface area contributed by atoms with Crippen molar-refractivity contribution in [3.05, 3.63) is 12.4 Å². The molecule has 0 fully saturated rings. The molecule has 0 atom stereocenters. The van der Waals surface area contributed by atoms with E-state index in [2.05, 4.69) is 9.97 Å². The molecule has 6 nitrogen and oxygen atoms in total. The maximum atomic E-state index is 12.2. The molecule has 1 rings (SSSR count). The first-order chi connectivity index (χ1) is 7.93. The lowest BCUT2D eigenvalue weighted by Gasteiger charge is -2.25. The fourth-order valence-corrected chi connectivity index (χ4v) is 3.02. The van der Waals surface area contributed by atoms with E-state index in [1.54, 1.807) is 7.05 Å². The number of sulfonamides is 1. The molecule has 7 heteroatoms. The summed E-state index contributed by atoms with van der Waals surface area (Å²) in [6.07, 6.45) is 4.00. The molecule has 0 aliphatic rings. The van der Waals surface area contributed by atoms with Crippen LogP contribution >= 0.6 is 0 Å². The summed E-state index contributed by atoms with van der Waals surface area (Å²) in [4.78, 5) is 7.47. The third-order valence-electron chi connectivity index (χ3n) is 2.78. The molecule has 0 aromatic carbocycles. The molecule has 0 radical (unpaired) electrons. The summed E-state index contributed by atoms with van der Waals surface area (Å²) in [7, 11) is -1.95. The lowest BCUT2D eigenvalue weighted by Crippen LogP contribution is -2.36. The van der Waals surface area contributed by atoms with Crippen LogP contribution in [-0.4, -0.2) is 35.8 Å². The summed E-state index contributed by atoms with van der Waals surface area (Å²) in [6, 6.07) is -0.0162. The number of aromatic nitrogens is 2. The highest BCUT2D eigenvalue weighted by atomic mass is 32.2. The Morgan fingerprint density at radius 2 is 1.76 bits per heavy atom. The number of hydrogen-bond donors (Lipinski definition) is 1. The van der Waals surface area contributed by atoms with Gasteiger partial charge in [-0.05, 0) is 12.8 Å². The zero-order valence-corrected chi connectivity index (χ0v) is 11.1. The van der Waals surface area contributed by atoms with Crippen molar-refractivity contribution in [1.29, 1.82) is 0 Å². The largest absolute Gasteiger partial charge is 0.368 e. The molecule has 0 aliphatic carbocycles. The Balaban J connectivity index is 3.06. The average Bonchev–Trinajstić information content (AvgIpc) is 2.31. The quantitative estimate of drug-likeness (QED) is 0.846. The maximum Gasteiger partial charge on any atom is 0.246 e. The number of rotatable bonds is 5. The summed E-state index contributed by atoms with van der Waals surface area (Å²) < 4.78 is 25.8. The van der Waals surface area contributed by atoms with Crippen molar-refractivity contribution in [3.63, 3.8) is 0 Å². The minimum Gasteiger partial charge on any atom is -0.368 e. The monoisotopic (exact) mass is 258 g/mol. The Bertz CT molecular complexity index is 454. The van der Waals surface area contributed by atoms with Crippen molar-refractivity contribution in [3.8, 4) is 0 Å². The normalized spacial score (nSPS) is 12.3. The second-order valence-corrected chi connectivity index (χ2v) is 5.77. The van der Waals surface area contributed by atoms with E-state index in [0.29, 0.717) is 0 Å². The number of anilines is 1. The predicted octanol–water partition coefficient (Wildman–Crippen LogP) is 0.868. The Morgan fingerprint density at radius 1 is 1.29 bits per heavy atom. The Kier molecular flexibility index (Phi) is 4.41. The lowest BCUT2D eigenvalue weighted by atomic mass is 10.2. The van der Waals surface area contributed by atoms with Crippen LogP contribution in [0.1, 0.15) is 26.7 Å². The van der Waals surface area contributed by atoms with Gasteiger partial charge in [0.15, 0.2) is 0 Å². The van der Waals surface area contributed by atoms with E-state index < -0.39 is 10.0 Å². The number of nitrogen functional groups attached to an aromatic ring is 1. The van der Waals surface area contributed by atoms with Gasteiger partial charge in [0, 0.05) is 13.1 Å². The van der Waals surface area contributed by atoms with Gasteiger partial charge in [0.2, 0.25) is 16.0 Å². The summed E-state index contributed by atoms with van der Waals surface area (Å²) in [5.74, 6) is 0.0640. The van der Waals surface area contributed by atoms with E-state index in [0.717, 1.165) is 12.8 Å². The van der Waals surface area contributed by atoms with Gasteiger partial charge in [0.1, 0.15) is 4.90 Å². The summed E-state index contributed by atoms with van der Waals surface area (Å²) in [5, 5.41) is 0. The first kappa shape index (κ1) is 13.9. The summed E-state index contributed by atoms with van der Waals surface area (Å²) in [6.45, 7) is 3.92. The van der Waals surface area contributed by atoms with Crippen LogP contribution in [0.3, 0.4) is 0 Å². The van der Waals surface area contributed by atoms with E-state index in [4.69, 9.17) is 5.73 Å². The molecule has 96 valence electrons. The first-order valence-corrected chi connectivity index (χ1v) is 6.93. The molecule has 0 unspecified atom stereocenters. The molecule has 17 heavy (non-hydrogen) atoms. The second kappa shape index (κ2) is 5.42. The number of hydrogen-bond acceptors (Lipinski definition) is 5. The van der Waals surface area contributed by atoms with Crippen molar-refractivity contribution in [2.24, 2.45) is 0 Å². The lowest BCUT2D eigenvalue weighted by molar-refractivity contribution is 0.349. The van der Waals surface area contributed by atoms with Crippen LogP contribution in [0.4, 0.5) is 5.95 Å². The van der Waals surface area contributed by atoms with Gasteiger partial charge in [-0.25, -0.2) is 18.4 Å². The van der Waals surface area contributed by atoms with Crippen LogP contribution in [0.2, 0.25) is 0 Å². The van der Waals surface area contributed by atoms with Gasteiger partial charge in [-0.2, -0.15) is 4.31 Å². The third-order valence-corrected chi connectivity index (χ3v) is 4.64. The van der Waals surface area contributed by atoms with Gasteiger partial charge in [-0.15, -0.1) is 0 Å². The van der Waals surface area contributed by atoms with E-state index >= 15 is 0 Å². The predicted molar refractivity (Wildman–Crippen MR) is 65.8 cm³/mol. The third kappa shape index (κ3) is 2.92. The smallest absolute Gasteiger partial charge is 0.246 e. The molecule has 0 amide bonds. The van der Waals surface area contributed by atoms with Gasteiger partial charge in [-0.1, -0.05) is 13.8 Å². The molecular weight excluding hydrogens is 240 g/mol. The van der Waals surface area contributed by atoms with Crippen LogP contribution in [0.5, 0.6) is 0 Å². The molecule has 0 spiro atoms. The molecule has 0 saturated carbocycles. The molecule has 0 saturated heterocycles. The van der Waals surface area contributed by atoms with Crippen molar-refractivity contribution in [1.82, 2.24) is 14.3 Å². The number of nitrogens with zero attached hydrogens (tertiary/aromatic N) is 3. The topological polar surface area (TPSA) is 89.2 Å². The average molecular weight is 258 g/mol. The minimum atomic E-state index is -3.53. The van der Waals surface area contributed by atoms with E-state index in [-0.39, 0.29) is 16.9 Å². The van der Waals surface area contributed by atoms with Crippen LogP contribution < -0.4 is 5.73 Å². The van der Waals surface area contributed by atoms with Gasteiger partial charge < -0.3 is 5.73 Å². The van der Waals surface area contributed by atoms with Crippen molar-refractivity contribution in [2.45, 2.75) is 37.6 Å². The van der Waals surface area contributed by atoms with Crippen LogP contribution in [0.25, 0.3) is 0 Å². The summed E-state index contributed by atoms with van der Waals surface area (Å²) in [5.41, 5.74) is 5.33. The molecule has 1 aromatic rings. The van der Waals surface area contributed by atoms with Gasteiger partial charge in [-0.3, -0.25) is 0 Å². The zero-order chi connectivity index (χ0) is 13.1. The molecule has 1 heterocycles. The zero-order valence-electron chi connectivity index (χ0n) is 10.3. The Labute approximate surface area is 102 Å². The highest BCUT2D eigenvalue weighted by Crippen LogP contribution is 2.18. The Morgan fingerprint density at radius 3 is 2.18 bits per heavy atom. The fraction of sp³-hybridized carbons (Fsp3) is 0.600. The minimum absolute atomic E-state index is 0.0162. The molecular formula is C10H18N4O2S. The highest BCUT2D eigenvalue weighted by molar-refractivity contribution is 7.89.